The van der Waals surface area contributed by atoms with Gasteiger partial charge in [0.15, 0.2) is 6.29 Å². The average molecular weight is 242 g/mol. The summed E-state index contributed by atoms with van der Waals surface area (Å²) in [5, 5.41) is 2.15. The third-order valence-electron chi connectivity index (χ3n) is 3.12. The third-order valence-corrected chi connectivity index (χ3v) is 3.12. The van der Waals surface area contributed by atoms with Crippen LogP contribution in [-0.4, -0.2) is 19.5 Å². The number of aldehydes is 1. The molecule has 1 fully saturated rings. The number of carbonyl (C=O) groups excluding carboxylic acids is 1. The lowest BCUT2D eigenvalue weighted by Crippen LogP contribution is -2.17. The van der Waals surface area contributed by atoms with Crippen LogP contribution in [-0.2, 0) is 9.47 Å². The molecule has 0 bridgehead atoms. The largest absolute Gasteiger partial charge is 0.348 e. The summed E-state index contributed by atoms with van der Waals surface area (Å²) in [7, 11) is 0. The molecule has 1 aliphatic heterocycles. The van der Waals surface area contributed by atoms with Crippen molar-refractivity contribution in [1.82, 2.24) is 0 Å². The molecule has 2 aromatic rings. The highest BCUT2D eigenvalue weighted by Crippen LogP contribution is 2.26. The highest BCUT2D eigenvalue weighted by Gasteiger charge is 2.16. The lowest BCUT2D eigenvalue weighted by molar-refractivity contribution is -0.182. The Balaban J connectivity index is 1.97. The molecule has 3 heteroatoms. The van der Waals surface area contributed by atoms with Gasteiger partial charge in [0.1, 0.15) is 6.29 Å². The van der Waals surface area contributed by atoms with E-state index < -0.39 is 0 Å². The summed E-state index contributed by atoms with van der Waals surface area (Å²) >= 11 is 0. The molecule has 0 aromatic heterocycles. The van der Waals surface area contributed by atoms with E-state index in [0.717, 1.165) is 42.3 Å². The normalized spacial score (nSPS) is 16.9. The maximum atomic E-state index is 10.7. The Hall–Kier alpha value is -1.71. The summed E-state index contributed by atoms with van der Waals surface area (Å²) in [6.45, 7) is 1.49. The second-order valence-corrected chi connectivity index (χ2v) is 4.41. The molecule has 0 aliphatic carbocycles. The van der Waals surface area contributed by atoms with Crippen LogP contribution in [0.4, 0.5) is 0 Å². The summed E-state index contributed by atoms with van der Waals surface area (Å²) in [5.41, 5.74) is 1.72. The van der Waals surface area contributed by atoms with Gasteiger partial charge in [-0.3, -0.25) is 4.79 Å². The molecule has 0 amide bonds. The van der Waals surface area contributed by atoms with E-state index in [9.17, 15) is 4.79 Å². The Morgan fingerprint density at radius 3 is 2.50 bits per heavy atom. The standard InChI is InChI=1S/C15H14O3/c16-10-11-2-3-13-9-14(5-4-12(13)8-11)15-17-6-1-7-18-15/h2-5,8-10,15H,1,6-7H2. The molecule has 18 heavy (non-hydrogen) atoms. The van der Waals surface area contributed by atoms with Crippen LogP contribution in [0, 0.1) is 0 Å². The molecule has 0 unspecified atom stereocenters. The van der Waals surface area contributed by atoms with Crippen molar-refractivity contribution in [2.24, 2.45) is 0 Å². The van der Waals surface area contributed by atoms with Crippen molar-refractivity contribution in [3.63, 3.8) is 0 Å². The van der Waals surface area contributed by atoms with E-state index in [-0.39, 0.29) is 6.29 Å². The number of rotatable bonds is 2. The second-order valence-electron chi connectivity index (χ2n) is 4.41. The van der Waals surface area contributed by atoms with Gasteiger partial charge in [-0.2, -0.15) is 0 Å². The fraction of sp³-hybridized carbons (Fsp3) is 0.267. The van der Waals surface area contributed by atoms with E-state index in [1.54, 1.807) is 0 Å². The lowest BCUT2D eigenvalue weighted by atomic mass is 10.0. The quantitative estimate of drug-likeness (QED) is 0.759. The molecule has 92 valence electrons. The zero-order valence-electron chi connectivity index (χ0n) is 9.96. The fourth-order valence-electron chi connectivity index (χ4n) is 2.18. The summed E-state index contributed by atoms with van der Waals surface area (Å²) < 4.78 is 11.2. The maximum absolute atomic E-state index is 10.7. The highest BCUT2D eigenvalue weighted by atomic mass is 16.7. The SMILES string of the molecule is O=Cc1ccc2cc(C3OCCCO3)ccc2c1. The Morgan fingerprint density at radius 2 is 1.72 bits per heavy atom. The maximum Gasteiger partial charge on any atom is 0.183 e. The van der Waals surface area contributed by atoms with Crippen LogP contribution < -0.4 is 0 Å². The van der Waals surface area contributed by atoms with E-state index in [2.05, 4.69) is 6.07 Å². The molecule has 0 N–H and O–H groups in total. The van der Waals surface area contributed by atoms with Crippen molar-refractivity contribution in [3.05, 3.63) is 47.5 Å². The van der Waals surface area contributed by atoms with Crippen LogP contribution in [0.3, 0.4) is 0 Å². The van der Waals surface area contributed by atoms with Gasteiger partial charge in [-0.25, -0.2) is 0 Å². The molecule has 3 rings (SSSR count). The van der Waals surface area contributed by atoms with Crippen molar-refractivity contribution >= 4 is 17.1 Å². The van der Waals surface area contributed by atoms with E-state index in [1.165, 1.54) is 0 Å². The first-order chi connectivity index (χ1) is 8.86. The van der Waals surface area contributed by atoms with Crippen LogP contribution in [0.5, 0.6) is 0 Å². The van der Waals surface area contributed by atoms with Crippen LogP contribution >= 0.6 is 0 Å². The minimum Gasteiger partial charge on any atom is -0.348 e. The van der Waals surface area contributed by atoms with Gasteiger partial charge in [0.25, 0.3) is 0 Å². The predicted octanol–water partition coefficient (Wildman–Crippen LogP) is 3.09. The Bertz CT molecular complexity index is 571. The summed E-state index contributed by atoms with van der Waals surface area (Å²) in [6.07, 6.45) is 1.56. The lowest BCUT2D eigenvalue weighted by Gasteiger charge is -2.23. The van der Waals surface area contributed by atoms with Gasteiger partial charge in [0.2, 0.25) is 0 Å². The van der Waals surface area contributed by atoms with Gasteiger partial charge in [0, 0.05) is 11.1 Å². The van der Waals surface area contributed by atoms with Crippen LogP contribution in [0.25, 0.3) is 10.8 Å². The van der Waals surface area contributed by atoms with Gasteiger partial charge < -0.3 is 9.47 Å². The minimum absolute atomic E-state index is 0.256. The third kappa shape index (κ3) is 2.15. The van der Waals surface area contributed by atoms with E-state index in [0.29, 0.717) is 5.56 Å². The first-order valence-electron chi connectivity index (χ1n) is 6.09. The first kappa shape index (κ1) is 11.4. The first-order valence-corrected chi connectivity index (χ1v) is 6.09. The van der Waals surface area contributed by atoms with Gasteiger partial charge in [-0.15, -0.1) is 0 Å². The molecule has 2 aromatic carbocycles. The van der Waals surface area contributed by atoms with E-state index >= 15 is 0 Å². The highest BCUT2D eigenvalue weighted by molar-refractivity contribution is 5.89. The molecule has 0 atom stereocenters. The van der Waals surface area contributed by atoms with Crippen molar-refractivity contribution < 1.29 is 14.3 Å². The minimum atomic E-state index is -0.256. The number of hydrogen-bond donors (Lipinski definition) is 0. The van der Waals surface area contributed by atoms with Gasteiger partial charge in [-0.05, 0) is 29.3 Å². The molecule has 1 aliphatic rings. The zero-order chi connectivity index (χ0) is 12.4. The average Bonchev–Trinajstić information content (AvgIpc) is 2.47. The smallest absolute Gasteiger partial charge is 0.183 e. The summed E-state index contributed by atoms with van der Waals surface area (Å²) in [6, 6.07) is 11.7. The van der Waals surface area contributed by atoms with Crippen LogP contribution in [0.1, 0.15) is 28.6 Å². The Labute approximate surface area is 105 Å². The van der Waals surface area contributed by atoms with E-state index in [1.807, 2.05) is 30.3 Å². The summed E-state index contributed by atoms with van der Waals surface area (Å²) in [5.74, 6) is 0. The Kier molecular flexibility index (Phi) is 3.09. The zero-order valence-corrected chi connectivity index (χ0v) is 9.96. The van der Waals surface area contributed by atoms with E-state index in [4.69, 9.17) is 9.47 Å². The fourth-order valence-corrected chi connectivity index (χ4v) is 2.18. The molecule has 1 heterocycles. The number of fused-ring (bicyclic) bond motifs is 1. The molecular formula is C15H14O3. The molecule has 0 saturated carbocycles. The van der Waals surface area contributed by atoms with Crippen LogP contribution in [0.2, 0.25) is 0 Å². The van der Waals surface area contributed by atoms with Gasteiger partial charge >= 0.3 is 0 Å². The van der Waals surface area contributed by atoms with Crippen molar-refractivity contribution in [2.75, 3.05) is 13.2 Å². The number of carbonyl (C=O) groups is 1. The molecular weight excluding hydrogens is 228 g/mol. The Morgan fingerprint density at radius 1 is 1.00 bits per heavy atom. The van der Waals surface area contributed by atoms with Crippen LogP contribution in [0.15, 0.2) is 36.4 Å². The molecule has 0 radical (unpaired) electrons. The van der Waals surface area contributed by atoms with Crippen molar-refractivity contribution in [2.45, 2.75) is 12.7 Å². The monoisotopic (exact) mass is 242 g/mol. The predicted molar refractivity (Wildman–Crippen MR) is 68.6 cm³/mol. The second kappa shape index (κ2) is 4.88. The number of benzene rings is 2. The van der Waals surface area contributed by atoms with Gasteiger partial charge in [-0.1, -0.05) is 24.3 Å². The molecule has 0 spiro atoms. The topological polar surface area (TPSA) is 35.5 Å². The van der Waals surface area contributed by atoms with Crippen molar-refractivity contribution in [1.29, 1.82) is 0 Å². The molecule has 1 saturated heterocycles. The summed E-state index contributed by atoms with van der Waals surface area (Å²) in [4.78, 5) is 10.7. The number of ether oxygens (including phenoxy) is 2. The van der Waals surface area contributed by atoms with Crippen molar-refractivity contribution in [3.8, 4) is 0 Å². The van der Waals surface area contributed by atoms with Gasteiger partial charge in [0.05, 0.1) is 13.2 Å². The molecule has 3 nitrogen and oxygen atoms in total. The number of hydrogen-bond acceptors (Lipinski definition) is 3.